The van der Waals surface area contributed by atoms with Crippen molar-refractivity contribution in [2.24, 2.45) is 16.3 Å². The van der Waals surface area contributed by atoms with Crippen LogP contribution in [0.15, 0.2) is 23.4 Å². The van der Waals surface area contributed by atoms with E-state index in [-0.39, 0.29) is 18.3 Å². The summed E-state index contributed by atoms with van der Waals surface area (Å²) in [4.78, 5) is 11.6. The zero-order chi connectivity index (χ0) is 16.0. The number of hydrogen-bond acceptors (Lipinski definition) is 4. The van der Waals surface area contributed by atoms with Crippen molar-refractivity contribution in [3.8, 4) is 0 Å². The van der Waals surface area contributed by atoms with Gasteiger partial charge in [0.25, 0.3) is 0 Å². The lowest BCUT2D eigenvalue weighted by Gasteiger charge is -2.23. The Morgan fingerprint density at radius 1 is 1.48 bits per heavy atom. The maximum atomic E-state index is 13.9. The predicted molar refractivity (Wildman–Crippen MR) is 78.5 cm³/mol. The highest BCUT2D eigenvalue weighted by molar-refractivity contribution is 5.97. The largest absolute Gasteiger partial charge is 0.409 e. The minimum Gasteiger partial charge on any atom is -0.409 e. The number of nitrogens with two attached hydrogens (primary N) is 1. The summed E-state index contributed by atoms with van der Waals surface area (Å²) in [5.41, 5.74) is 5.56. The lowest BCUT2D eigenvalue weighted by molar-refractivity contribution is -0.128. The van der Waals surface area contributed by atoms with Crippen molar-refractivity contribution in [3.05, 3.63) is 35.1 Å². The van der Waals surface area contributed by atoms with Crippen LogP contribution in [0.3, 0.4) is 0 Å². The Hall–Kier alpha value is -2.15. The Morgan fingerprint density at radius 3 is 2.67 bits per heavy atom. The summed E-state index contributed by atoms with van der Waals surface area (Å²) in [6.45, 7) is 4.30. The first kappa shape index (κ1) is 16.9. The van der Waals surface area contributed by atoms with Crippen molar-refractivity contribution in [2.75, 3.05) is 13.6 Å². The Labute approximate surface area is 123 Å². The van der Waals surface area contributed by atoms with Crippen molar-refractivity contribution in [1.82, 2.24) is 10.6 Å². The van der Waals surface area contributed by atoms with Gasteiger partial charge in [-0.25, -0.2) is 4.39 Å². The average Bonchev–Trinajstić information content (AvgIpc) is 2.46. The molecule has 21 heavy (non-hydrogen) atoms. The molecular formula is C14H21FN4O2. The molecule has 6 nitrogen and oxygen atoms in total. The second-order valence-electron chi connectivity index (χ2n) is 5.36. The summed E-state index contributed by atoms with van der Waals surface area (Å²) in [6.07, 6.45) is 0. The van der Waals surface area contributed by atoms with Gasteiger partial charge in [0.1, 0.15) is 5.82 Å². The van der Waals surface area contributed by atoms with Crippen LogP contribution in [-0.4, -0.2) is 30.5 Å². The van der Waals surface area contributed by atoms with Crippen LogP contribution in [0.5, 0.6) is 0 Å². The van der Waals surface area contributed by atoms with Gasteiger partial charge in [0, 0.05) is 31.3 Å². The molecule has 7 heteroatoms. The van der Waals surface area contributed by atoms with E-state index in [0.29, 0.717) is 17.7 Å². The van der Waals surface area contributed by atoms with Crippen LogP contribution in [-0.2, 0) is 11.3 Å². The SMILES string of the molecule is CNC(=O)C(C)(C)CNCc1ccc(/C(N)=N/O)cc1F. The Balaban J connectivity index is 2.67. The number of amides is 1. The molecule has 0 radical (unpaired) electrons. The maximum absolute atomic E-state index is 13.9. The molecule has 5 N–H and O–H groups in total. The topological polar surface area (TPSA) is 99.7 Å². The van der Waals surface area contributed by atoms with Crippen LogP contribution in [0.25, 0.3) is 0 Å². The van der Waals surface area contributed by atoms with Crippen molar-refractivity contribution in [3.63, 3.8) is 0 Å². The third-order valence-corrected chi connectivity index (χ3v) is 3.18. The number of nitrogens with one attached hydrogen (secondary N) is 2. The molecule has 0 unspecified atom stereocenters. The molecule has 1 aromatic carbocycles. The average molecular weight is 296 g/mol. The molecule has 0 heterocycles. The van der Waals surface area contributed by atoms with E-state index in [0.717, 1.165) is 0 Å². The highest BCUT2D eigenvalue weighted by Gasteiger charge is 2.25. The van der Waals surface area contributed by atoms with Gasteiger partial charge in [0.15, 0.2) is 5.84 Å². The highest BCUT2D eigenvalue weighted by atomic mass is 19.1. The van der Waals surface area contributed by atoms with Crippen LogP contribution in [0.2, 0.25) is 0 Å². The number of hydrogen-bond donors (Lipinski definition) is 4. The summed E-state index contributed by atoms with van der Waals surface area (Å²) < 4.78 is 13.9. The molecule has 0 aliphatic carbocycles. The smallest absolute Gasteiger partial charge is 0.226 e. The Morgan fingerprint density at radius 2 is 2.14 bits per heavy atom. The molecule has 0 aromatic heterocycles. The molecule has 116 valence electrons. The van der Waals surface area contributed by atoms with Crippen molar-refractivity contribution in [1.29, 1.82) is 0 Å². The Kier molecular flexibility index (Phi) is 5.66. The monoisotopic (exact) mass is 296 g/mol. The summed E-state index contributed by atoms with van der Waals surface area (Å²) >= 11 is 0. The van der Waals surface area contributed by atoms with E-state index in [1.54, 1.807) is 33.0 Å². The number of halogens is 1. The molecule has 0 saturated heterocycles. The molecule has 0 aliphatic rings. The zero-order valence-electron chi connectivity index (χ0n) is 12.4. The molecule has 0 bridgehead atoms. The number of nitrogens with zero attached hydrogens (tertiary/aromatic N) is 1. The lowest BCUT2D eigenvalue weighted by Crippen LogP contribution is -2.41. The normalized spacial score (nSPS) is 12.3. The fourth-order valence-corrected chi connectivity index (χ4v) is 1.84. The number of carbonyl (C=O) groups excluding carboxylic acids is 1. The van der Waals surface area contributed by atoms with Crippen LogP contribution < -0.4 is 16.4 Å². The highest BCUT2D eigenvalue weighted by Crippen LogP contribution is 2.15. The van der Waals surface area contributed by atoms with Gasteiger partial charge in [-0.1, -0.05) is 17.3 Å². The number of rotatable bonds is 6. The maximum Gasteiger partial charge on any atom is 0.226 e. The minimum atomic E-state index is -0.584. The zero-order valence-corrected chi connectivity index (χ0v) is 12.4. The van der Waals surface area contributed by atoms with E-state index >= 15 is 0 Å². The molecule has 0 spiro atoms. The first-order valence-corrected chi connectivity index (χ1v) is 6.51. The predicted octanol–water partition coefficient (Wildman–Crippen LogP) is 0.782. The van der Waals surface area contributed by atoms with E-state index < -0.39 is 11.2 Å². The molecular weight excluding hydrogens is 275 g/mol. The van der Waals surface area contributed by atoms with Gasteiger partial charge in [0.2, 0.25) is 5.91 Å². The van der Waals surface area contributed by atoms with Crippen LogP contribution in [0, 0.1) is 11.2 Å². The lowest BCUT2D eigenvalue weighted by atomic mass is 9.92. The first-order valence-electron chi connectivity index (χ1n) is 6.51. The minimum absolute atomic E-state index is 0.0854. The van der Waals surface area contributed by atoms with Gasteiger partial charge < -0.3 is 21.6 Å². The second kappa shape index (κ2) is 7.03. The van der Waals surface area contributed by atoms with E-state index in [1.807, 2.05) is 0 Å². The van der Waals surface area contributed by atoms with Gasteiger partial charge in [-0.15, -0.1) is 0 Å². The van der Waals surface area contributed by atoms with Crippen LogP contribution in [0.1, 0.15) is 25.0 Å². The Bertz CT molecular complexity index is 544. The number of benzene rings is 1. The molecule has 0 aliphatic heterocycles. The fraction of sp³-hybridized carbons (Fsp3) is 0.429. The molecule has 1 rings (SSSR count). The second-order valence-corrected chi connectivity index (χ2v) is 5.36. The van der Waals surface area contributed by atoms with Gasteiger partial charge in [-0.05, 0) is 19.9 Å². The van der Waals surface area contributed by atoms with Crippen LogP contribution in [0.4, 0.5) is 4.39 Å². The first-order chi connectivity index (χ1) is 9.81. The molecule has 0 saturated carbocycles. The standard InChI is InChI=1S/C14H21FN4O2/c1-14(2,13(20)17-3)8-18-7-10-5-4-9(6-11(10)15)12(16)19-21/h4-6,18,21H,7-8H2,1-3H3,(H2,16,19)(H,17,20). The molecule has 1 amide bonds. The van der Waals surface area contributed by atoms with E-state index in [9.17, 15) is 9.18 Å². The fourth-order valence-electron chi connectivity index (χ4n) is 1.84. The van der Waals surface area contributed by atoms with Crippen molar-refractivity contribution < 1.29 is 14.4 Å². The van der Waals surface area contributed by atoms with Gasteiger partial charge >= 0.3 is 0 Å². The van der Waals surface area contributed by atoms with Crippen LogP contribution >= 0.6 is 0 Å². The molecule has 0 atom stereocenters. The van der Waals surface area contributed by atoms with Gasteiger partial charge in [0.05, 0.1) is 5.41 Å². The number of oxime groups is 1. The third kappa shape index (κ3) is 4.42. The summed E-state index contributed by atoms with van der Waals surface area (Å²) in [5.74, 6) is -0.684. The van der Waals surface area contributed by atoms with E-state index in [4.69, 9.17) is 10.9 Å². The number of carbonyl (C=O) groups is 1. The summed E-state index contributed by atoms with van der Waals surface area (Å²) in [7, 11) is 1.58. The summed E-state index contributed by atoms with van der Waals surface area (Å²) in [6, 6.07) is 4.33. The third-order valence-electron chi connectivity index (χ3n) is 3.18. The molecule has 0 fully saturated rings. The van der Waals surface area contributed by atoms with E-state index in [1.165, 1.54) is 6.07 Å². The quantitative estimate of drug-likeness (QED) is 0.270. The van der Waals surface area contributed by atoms with Crippen molar-refractivity contribution >= 4 is 11.7 Å². The van der Waals surface area contributed by atoms with E-state index in [2.05, 4.69) is 15.8 Å². The number of amidine groups is 1. The van der Waals surface area contributed by atoms with Crippen molar-refractivity contribution in [2.45, 2.75) is 20.4 Å². The van der Waals surface area contributed by atoms with Gasteiger partial charge in [-0.3, -0.25) is 4.79 Å². The van der Waals surface area contributed by atoms with Gasteiger partial charge in [-0.2, -0.15) is 0 Å². The summed E-state index contributed by atoms with van der Waals surface area (Å²) in [5, 5.41) is 17.0. The molecule has 1 aromatic rings.